The monoisotopic (exact) mass is 224 g/mol. The van der Waals surface area contributed by atoms with E-state index in [1.807, 2.05) is 6.07 Å². The van der Waals surface area contributed by atoms with Gasteiger partial charge >= 0.3 is 5.97 Å². The standard InChI is InChI=1S/C11H16N2O3/c1-7(6-12)5-9(11(15)16-2)13-10(14)8-3-4-8/h7-9H,3-5H2,1-2H3,(H,13,14)/t7-,9+/m0/s1. The minimum Gasteiger partial charge on any atom is -0.467 e. The molecule has 0 aromatic rings. The van der Waals surface area contributed by atoms with Gasteiger partial charge in [0.05, 0.1) is 13.2 Å². The molecule has 0 aromatic carbocycles. The lowest BCUT2D eigenvalue weighted by Crippen LogP contribution is -2.43. The van der Waals surface area contributed by atoms with Crippen molar-refractivity contribution in [3.8, 4) is 6.07 Å². The van der Waals surface area contributed by atoms with Crippen molar-refractivity contribution in [1.82, 2.24) is 5.32 Å². The first-order valence-corrected chi connectivity index (χ1v) is 5.36. The SMILES string of the molecule is COC(=O)[C@@H](C[C@H](C)C#N)NC(=O)C1CC1. The lowest BCUT2D eigenvalue weighted by molar-refractivity contribution is -0.145. The molecule has 1 aliphatic carbocycles. The number of carbonyl (C=O) groups is 2. The number of methoxy groups -OCH3 is 1. The summed E-state index contributed by atoms with van der Waals surface area (Å²) < 4.78 is 4.60. The fourth-order valence-corrected chi connectivity index (χ4v) is 1.40. The first kappa shape index (κ1) is 12.5. The van der Waals surface area contributed by atoms with Crippen molar-refractivity contribution in [2.75, 3.05) is 7.11 Å². The molecule has 88 valence electrons. The molecular weight excluding hydrogens is 208 g/mol. The van der Waals surface area contributed by atoms with Gasteiger partial charge in [-0.05, 0) is 26.2 Å². The normalized spacial score (nSPS) is 18.1. The summed E-state index contributed by atoms with van der Waals surface area (Å²) in [5, 5.41) is 11.3. The summed E-state index contributed by atoms with van der Waals surface area (Å²) in [5.74, 6) is -0.843. The summed E-state index contributed by atoms with van der Waals surface area (Å²) in [6, 6.07) is 1.33. The van der Waals surface area contributed by atoms with Crippen LogP contribution in [0.1, 0.15) is 26.2 Å². The Morgan fingerprint density at radius 2 is 2.19 bits per heavy atom. The van der Waals surface area contributed by atoms with Crippen molar-refractivity contribution in [1.29, 1.82) is 5.26 Å². The van der Waals surface area contributed by atoms with Gasteiger partial charge in [0.2, 0.25) is 5.91 Å². The molecule has 5 heteroatoms. The number of hydrogen-bond acceptors (Lipinski definition) is 4. The molecule has 1 saturated carbocycles. The zero-order valence-electron chi connectivity index (χ0n) is 9.53. The number of hydrogen-bond donors (Lipinski definition) is 1. The van der Waals surface area contributed by atoms with Crippen LogP contribution in [0.25, 0.3) is 0 Å². The average molecular weight is 224 g/mol. The molecular formula is C11H16N2O3. The number of esters is 1. The fraction of sp³-hybridized carbons (Fsp3) is 0.727. The van der Waals surface area contributed by atoms with Gasteiger partial charge in [0.15, 0.2) is 0 Å². The molecule has 2 atom stereocenters. The topological polar surface area (TPSA) is 79.2 Å². The van der Waals surface area contributed by atoms with Gasteiger partial charge in [0.25, 0.3) is 0 Å². The molecule has 1 rings (SSSR count). The van der Waals surface area contributed by atoms with E-state index < -0.39 is 12.0 Å². The van der Waals surface area contributed by atoms with Crippen LogP contribution in [0.2, 0.25) is 0 Å². The highest BCUT2D eigenvalue weighted by Gasteiger charge is 2.33. The highest BCUT2D eigenvalue weighted by molar-refractivity contribution is 5.86. The van der Waals surface area contributed by atoms with Crippen LogP contribution in [0.5, 0.6) is 0 Å². The van der Waals surface area contributed by atoms with E-state index in [4.69, 9.17) is 5.26 Å². The lowest BCUT2D eigenvalue weighted by atomic mass is 10.0. The molecule has 0 aromatic heterocycles. The number of nitrogens with zero attached hydrogens (tertiary/aromatic N) is 1. The predicted molar refractivity (Wildman–Crippen MR) is 56.1 cm³/mol. The van der Waals surface area contributed by atoms with E-state index in [1.54, 1.807) is 6.92 Å². The maximum atomic E-state index is 11.5. The highest BCUT2D eigenvalue weighted by Crippen LogP contribution is 2.29. The van der Waals surface area contributed by atoms with E-state index in [9.17, 15) is 9.59 Å². The van der Waals surface area contributed by atoms with E-state index >= 15 is 0 Å². The molecule has 0 bridgehead atoms. The van der Waals surface area contributed by atoms with Crippen LogP contribution >= 0.6 is 0 Å². The summed E-state index contributed by atoms with van der Waals surface area (Å²) in [6.07, 6.45) is 2.06. The summed E-state index contributed by atoms with van der Waals surface area (Å²) >= 11 is 0. The first-order chi connectivity index (χ1) is 7.58. The van der Waals surface area contributed by atoms with Crippen molar-refractivity contribution in [2.24, 2.45) is 11.8 Å². The molecule has 16 heavy (non-hydrogen) atoms. The van der Waals surface area contributed by atoms with Gasteiger partial charge in [-0.3, -0.25) is 4.79 Å². The second-order valence-corrected chi connectivity index (χ2v) is 4.12. The van der Waals surface area contributed by atoms with Gasteiger partial charge in [0, 0.05) is 11.8 Å². The second kappa shape index (κ2) is 5.50. The predicted octanol–water partition coefficient (Wildman–Crippen LogP) is 0.604. The largest absolute Gasteiger partial charge is 0.467 e. The smallest absolute Gasteiger partial charge is 0.328 e. The van der Waals surface area contributed by atoms with Crippen molar-refractivity contribution < 1.29 is 14.3 Å². The fourth-order valence-electron chi connectivity index (χ4n) is 1.40. The molecule has 1 aliphatic rings. The Morgan fingerprint density at radius 1 is 1.56 bits per heavy atom. The van der Waals surface area contributed by atoms with Crippen molar-refractivity contribution >= 4 is 11.9 Å². The van der Waals surface area contributed by atoms with Crippen LogP contribution in [0.15, 0.2) is 0 Å². The summed E-state index contributed by atoms with van der Waals surface area (Å²) in [7, 11) is 1.27. The molecule has 1 fully saturated rings. The molecule has 0 saturated heterocycles. The van der Waals surface area contributed by atoms with E-state index in [1.165, 1.54) is 7.11 Å². The van der Waals surface area contributed by atoms with Crippen LogP contribution in [0, 0.1) is 23.2 Å². The molecule has 1 amide bonds. The van der Waals surface area contributed by atoms with Gasteiger partial charge in [-0.2, -0.15) is 5.26 Å². The maximum absolute atomic E-state index is 11.5. The van der Waals surface area contributed by atoms with Crippen molar-refractivity contribution in [3.63, 3.8) is 0 Å². The van der Waals surface area contributed by atoms with E-state index in [0.717, 1.165) is 12.8 Å². The van der Waals surface area contributed by atoms with Gasteiger partial charge in [-0.1, -0.05) is 0 Å². The summed E-state index contributed by atoms with van der Waals surface area (Å²) in [4.78, 5) is 22.9. The minimum absolute atomic E-state index is 0.0459. The third kappa shape index (κ3) is 3.54. The van der Waals surface area contributed by atoms with Gasteiger partial charge in [0.1, 0.15) is 6.04 Å². The Morgan fingerprint density at radius 3 is 2.62 bits per heavy atom. The number of carbonyl (C=O) groups excluding carboxylic acids is 2. The van der Waals surface area contributed by atoms with E-state index in [2.05, 4.69) is 10.1 Å². The molecule has 0 aliphatic heterocycles. The number of ether oxygens (including phenoxy) is 1. The van der Waals surface area contributed by atoms with Crippen molar-refractivity contribution in [3.05, 3.63) is 0 Å². The summed E-state index contributed by atoms with van der Waals surface area (Å²) in [5.41, 5.74) is 0. The Bertz CT molecular complexity index is 318. The first-order valence-electron chi connectivity index (χ1n) is 5.36. The number of rotatable bonds is 5. The molecule has 0 radical (unpaired) electrons. The summed E-state index contributed by atoms with van der Waals surface area (Å²) in [6.45, 7) is 1.71. The molecule has 0 unspecified atom stereocenters. The Kier molecular flexibility index (Phi) is 4.29. The number of amides is 1. The Hall–Kier alpha value is -1.57. The number of nitrogens with one attached hydrogen (secondary N) is 1. The third-order valence-corrected chi connectivity index (χ3v) is 2.56. The van der Waals surface area contributed by atoms with Gasteiger partial charge < -0.3 is 10.1 Å². The molecule has 0 spiro atoms. The lowest BCUT2D eigenvalue weighted by Gasteiger charge is -2.17. The zero-order chi connectivity index (χ0) is 12.1. The zero-order valence-corrected chi connectivity index (χ0v) is 9.53. The van der Waals surface area contributed by atoms with Crippen molar-refractivity contribution in [2.45, 2.75) is 32.2 Å². The van der Waals surface area contributed by atoms with Crippen LogP contribution in [-0.4, -0.2) is 25.0 Å². The van der Waals surface area contributed by atoms with Crippen LogP contribution in [-0.2, 0) is 14.3 Å². The third-order valence-electron chi connectivity index (χ3n) is 2.56. The maximum Gasteiger partial charge on any atom is 0.328 e. The molecule has 0 heterocycles. The van der Waals surface area contributed by atoms with E-state index in [-0.39, 0.29) is 17.7 Å². The van der Waals surface area contributed by atoms with Crippen LogP contribution in [0.4, 0.5) is 0 Å². The quantitative estimate of drug-likeness (QED) is 0.694. The highest BCUT2D eigenvalue weighted by atomic mass is 16.5. The second-order valence-electron chi connectivity index (χ2n) is 4.12. The minimum atomic E-state index is -0.701. The van der Waals surface area contributed by atoms with Gasteiger partial charge in [-0.15, -0.1) is 0 Å². The number of nitriles is 1. The molecule has 5 nitrogen and oxygen atoms in total. The average Bonchev–Trinajstić information content (AvgIpc) is 3.10. The van der Waals surface area contributed by atoms with Gasteiger partial charge in [-0.25, -0.2) is 4.79 Å². The van der Waals surface area contributed by atoms with Crippen LogP contribution < -0.4 is 5.32 Å². The Balaban J connectivity index is 2.52. The van der Waals surface area contributed by atoms with Crippen LogP contribution in [0.3, 0.4) is 0 Å². The van der Waals surface area contributed by atoms with E-state index in [0.29, 0.717) is 6.42 Å². The Labute approximate surface area is 94.8 Å². The molecule has 1 N–H and O–H groups in total.